The fourth-order valence-corrected chi connectivity index (χ4v) is 4.09. The number of hydrogen-bond acceptors (Lipinski definition) is 4. The minimum Gasteiger partial charge on any atom is -0.467 e. The van der Waals surface area contributed by atoms with Gasteiger partial charge in [-0.25, -0.2) is 0 Å². The lowest BCUT2D eigenvalue weighted by molar-refractivity contribution is -0.142. The number of hydrogen-bond donors (Lipinski definition) is 1. The maximum absolute atomic E-state index is 12.7. The molecule has 28 heavy (non-hydrogen) atoms. The molecule has 1 amide bonds. The average molecular weight is 380 g/mol. The molecule has 0 radical (unpaired) electrons. The summed E-state index contributed by atoms with van der Waals surface area (Å²) < 4.78 is 11.0. The van der Waals surface area contributed by atoms with Gasteiger partial charge in [-0.1, -0.05) is 48.5 Å². The molecule has 0 aliphatic carbocycles. The van der Waals surface area contributed by atoms with Crippen molar-refractivity contribution in [3.63, 3.8) is 0 Å². The number of likely N-dealkylation sites (tertiary alicyclic amines) is 1. The van der Waals surface area contributed by atoms with Gasteiger partial charge in [0, 0.05) is 25.2 Å². The van der Waals surface area contributed by atoms with Crippen LogP contribution in [0, 0.1) is 5.92 Å². The molecular formula is C23H28N2O3. The van der Waals surface area contributed by atoms with Gasteiger partial charge in [-0.3, -0.25) is 4.79 Å². The monoisotopic (exact) mass is 380 g/mol. The number of nitrogens with zero attached hydrogens (tertiary/aromatic N) is 1. The largest absolute Gasteiger partial charge is 0.467 e. The lowest BCUT2D eigenvalue weighted by Crippen LogP contribution is -2.43. The van der Waals surface area contributed by atoms with Crippen molar-refractivity contribution in [2.24, 2.45) is 5.92 Å². The van der Waals surface area contributed by atoms with Crippen LogP contribution in [0.5, 0.6) is 5.75 Å². The summed E-state index contributed by atoms with van der Waals surface area (Å²) in [5, 5.41) is 3.11. The summed E-state index contributed by atoms with van der Waals surface area (Å²) in [5.41, 5.74) is 2.19. The van der Waals surface area contributed by atoms with E-state index in [9.17, 15) is 4.79 Å². The van der Waals surface area contributed by atoms with Crippen LogP contribution in [0.3, 0.4) is 0 Å². The average Bonchev–Trinajstić information content (AvgIpc) is 2.77. The molecule has 1 fully saturated rings. The molecule has 2 atom stereocenters. The van der Waals surface area contributed by atoms with E-state index in [1.165, 1.54) is 12.0 Å². The third kappa shape index (κ3) is 4.72. The first-order chi connectivity index (χ1) is 13.8. The molecule has 0 saturated carbocycles. The van der Waals surface area contributed by atoms with Gasteiger partial charge < -0.3 is 19.7 Å². The van der Waals surface area contributed by atoms with Crippen molar-refractivity contribution in [3.8, 4) is 5.75 Å². The van der Waals surface area contributed by atoms with Crippen LogP contribution in [0.4, 0.5) is 0 Å². The SMILES string of the molecule is O=C(NCC1CCCN(CCc2ccccc2)C1)C1OCOc2ccccc21. The Hall–Kier alpha value is -2.37. The standard InChI is InChI=1S/C23H28N2O3/c26-23(22-20-10-4-5-11-21(20)27-17-28-22)24-15-19-9-6-13-25(16-19)14-12-18-7-2-1-3-8-18/h1-5,7-8,10-11,19,22H,6,9,12-17H2,(H,24,26). The van der Waals surface area contributed by atoms with Gasteiger partial charge in [0.2, 0.25) is 0 Å². The molecule has 1 saturated heterocycles. The Labute approximate surface area is 166 Å². The van der Waals surface area contributed by atoms with Crippen LogP contribution in [0.25, 0.3) is 0 Å². The van der Waals surface area contributed by atoms with Crippen molar-refractivity contribution in [2.45, 2.75) is 25.4 Å². The zero-order valence-corrected chi connectivity index (χ0v) is 16.2. The molecule has 2 unspecified atom stereocenters. The topological polar surface area (TPSA) is 50.8 Å². The third-order valence-corrected chi connectivity index (χ3v) is 5.62. The maximum Gasteiger partial charge on any atom is 0.254 e. The molecule has 5 heteroatoms. The number of para-hydroxylation sites is 1. The summed E-state index contributed by atoms with van der Waals surface area (Å²) in [6.07, 6.45) is 2.84. The Morgan fingerprint density at radius 2 is 1.93 bits per heavy atom. The van der Waals surface area contributed by atoms with E-state index in [1.807, 2.05) is 24.3 Å². The number of ether oxygens (including phenoxy) is 2. The fourth-order valence-electron chi connectivity index (χ4n) is 4.09. The number of rotatable bonds is 6. The summed E-state index contributed by atoms with van der Waals surface area (Å²) in [4.78, 5) is 15.2. The van der Waals surface area contributed by atoms with Gasteiger partial charge in [-0.2, -0.15) is 0 Å². The summed E-state index contributed by atoms with van der Waals surface area (Å²) in [7, 11) is 0. The first kappa shape index (κ1) is 19.0. The Bertz CT molecular complexity index is 780. The second kappa shape index (κ2) is 9.22. The lowest BCUT2D eigenvalue weighted by Gasteiger charge is -2.33. The lowest BCUT2D eigenvalue weighted by atomic mass is 9.97. The Morgan fingerprint density at radius 1 is 1.11 bits per heavy atom. The van der Waals surface area contributed by atoms with E-state index in [0.717, 1.165) is 43.8 Å². The number of nitrogens with one attached hydrogen (secondary N) is 1. The fraction of sp³-hybridized carbons (Fsp3) is 0.435. The number of carbonyl (C=O) groups is 1. The van der Waals surface area contributed by atoms with Gasteiger partial charge in [0.25, 0.3) is 5.91 Å². The Kier molecular flexibility index (Phi) is 6.24. The van der Waals surface area contributed by atoms with Crippen molar-refractivity contribution < 1.29 is 14.3 Å². The smallest absolute Gasteiger partial charge is 0.254 e. The molecular weight excluding hydrogens is 352 g/mol. The highest BCUT2D eigenvalue weighted by molar-refractivity contribution is 5.83. The first-order valence-corrected chi connectivity index (χ1v) is 10.2. The summed E-state index contributed by atoms with van der Waals surface area (Å²) in [5.74, 6) is 1.15. The predicted octanol–water partition coefficient (Wildman–Crippen LogP) is 3.17. The van der Waals surface area contributed by atoms with E-state index in [0.29, 0.717) is 12.5 Å². The molecule has 0 bridgehead atoms. The van der Waals surface area contributed by atoms with Crippen LogP contribution >= 0.6 is 0 Å². The van der Waals surface area contributed by atoms with Crippen LogP contribution < -0.4 is 10.1 Å². The zero-order chi connectivity index (χ0) is 19.2. The van der Waals surface area contributed by atoms with Crippen LogP contribution in [0.1, 0.15) is 30.1 Å². The predicted molar refractivity (Wildman–Crippen MR) is 108 cm³/mol. The van der Waals surface area contributed by atoms with Crippen LogP contribution in [-0.2, 0) is 16.0 Å². The van der Waals surface area contributed by atoms with Crippen molar-refractivity contribution in [1.82, 2.24) is 10.2 Å². The molecule has 2 aliphatic heterocycles. The Morgan fingerprint density at radius 3 is 2.82 bits per heavy atom. The summed E-state index contributed by atoms with van der Waals surface area (Å²) in [6, 6.07) is 18.2. The molecule has 4 rings (SSSR count). The molecule has 2 aliphatic rings. The molecule has 5 nitrogen and oxygen atoms in total. The van der Waals surface area contributed by atoms with Crippen LogP contribution in [0.2, 0.25) is 0 Å². The molecule has 2 aromatic carbocycles. The van der Waals surface area contributed by atoms with Gasteiger partial charge in [-0.15, -0.1) is 0 Å². The van der Waals surface area contributed by atoms with Crippen LogP contribution in [0.15, 0.2) is 54.6 Å². The quantitative estimate of drug-likeness (QED) is 0.836. The van der Waals surface area contributed by atoms with Crippen molar-refractivity contribution in [1.29, 1.82) is 0 Å². The third-order valence-electron chi connectivity index (χ3n) is 5.62. The summed E-state index contributed by atoms with van der Waals surface area (Å²) >= 11 is 0. The molecule has 148 valence electrons. The zero-order valence-electron chi connectivity index (χ0n) is 16.2. The van der Waals surface area contributed by atoms with E-state index in [-0.39, 0.29) is 12.7 Å². The summed E-state index contributed by atoms with van der Waals surface area (Å²) in [6.45, 7) is 4.08. The molecule has 0 spiro atoms. The van der Waals surface area contributed by atoms with E-state index < -0.39 is 6.10 Å². The highest BCUT2D eigenvalue weighted by atomic mass is 16.7. The molecule has 2 heterocycles. The number of piperidine rings is 1. The number of amides is 1. The molecule has 1 N–H and O–H groups in total. The van der Waals surface area contributed by atoms with Gasteiger partial charge in [0.1, 0.15) is 5.75 Å². The second-order valence-corrected chi connectivity index (χ2v) is 7.64. The van der Waals surface area contributed by atoms with Crippen LogP contribution in [-0.4, -0.2) is 43.8 Å². The molecule has 2 aromatic rings. The number of fused-ring (bicyclic) bond motifs is 1. The number of carbonyl (C=O) groups excluding carboxylic acids is 1. The minimum atomic E-state index is -0.581. The van der Waals surface area contributed by atoms with Gasteiger partial charge >= 0.3 is 0 Å². The second-order valence-electron chi connectivity index (χ2n) is 7.64. The highest BCUT2D eigenvalue weighted by Crippen LogP contribution is 2.31. The van der Waals surface area contributed by atoms with E-state index in [1.54, 1.807) is 0 Å². The maximum atomic E-state index is 12.7. The van der Waals surface area contributed by atoms with E-state index in [4.69, 9.17) is 9.47 Å². The van der Waals surface area contributed by atoms with Crippen molar-refractivity contribution in [3.05, 3.63) is 65.7 Å². The normalized spacial score (nSPS) is 22.1. The number of benzene rings is 2. The minimum absolute atomic E-state index is 0.0721. The van der Waals surface area contributed by atoms with Gasteiger partial charge in [-0.05, 0) is 43.4 Å². The molecule has 0 aromatic heterocycles. The van der Waals surface area contributed by atoms with Gasteiger partial charge in [0.05, 0.1) is 0 Å². The van der Waals surface area contributed by atoms with Gasteiger partial charge in [0.15, 0.2) is 12.9 Å². The van der Waals surface area contributed by atoms with E-state index >= 15 is 0 Å². The van der Waals surface area contributed by atoms with Crippen molar-refractivity contribution >= 4 is 5.91 Å². The van der Waals surface area contributed by atoms with Crippen molar-refractivity contribution in [2.75, 3.05) is 33.0 Å². The Balaban J connectivity index is 1.26. The highest BCUT2D eigenvalue weighted by Gasteiger charge is 2.29. The van der Waals surface area contributed by atoms with E-state index in [2.05, 4.69) is 40.5 Å². The first-order valence-electron chi connectivity index (χ1n) is 10.2.